The van der Waals surface area contributed by atoms with Gasteiger partial charge in [-0.15, -0.1) is 0 Å². The Morgan fingerprint density at radius 3 is 2.26 bits per heavy atom. The van der Waals surface area contributed by atoms with Crippen molar-refractivity contribution in [1.82, 2.24) is 0 Å². The van der Waals surface area contributed by atoms with Gasteiger partial charge in [0.25, 0.3) is 0 Å². The third kappa shape index (κ3) is 4.32. The van der Waals surface area contributed by atoms with Gasteiger partial charge in [-0.1, -0.05) is 36.8 Å². The molecular weight excluding hydrogens is 234 g/mol. The third-order valence-electron chi connectivity index (χ3n) is 3.08. The number of hydrogen-bond donors (Lipinski definition) is 1. The molecule has 19 heavy (non-hydrogen) atoms. The van der Waals surface area contributed by atoms with Crippen LogP contribution in [0.2, 0.25) is 0 Å². The van der Waals surface area contributed by atoms with E-state index in [9.17, 15) is 0 Å². The molecule has 0 unspecified atom stereocenters. The van der Waals surface area contributed by atoms with Crippen LogP contribution in [0.4, 0.5) is 5.69 Å². The van der Waals surface area contributed by atoms with Crippen molar-refractivity contribution in [3.63, 3.8) is 0 Å². The van der Waals surface area contributed by atoms with Crippen LogP contribution in [0.3, 0.4) is 0 Å². The van der Waals surface area contributed by atoms with Crippen LogP contribution in [-0.2, 0) is 6.42 Å². The minimum absolute atomic E-state index is 0.666. The highest BCUT2D eigenvalue weighted by molar-refractivity contribution is 5.44. The van der Waals surface area contributed by atoms with Crippen molar-refractivity contribution < 1.29 is 4.74 Å². The van der Waals surface area contributed by atoms with Crippen LogP contribution >= 0.6 is 0 Å². The number of aryl methyl sites for hydroxylation is 2. The molecule has 2 aromatic rings. The predicted octanol–water partition coefficient (Wildman–Crippen LogP) is 4.05. The van der Waals surface area contributed by atoms with Gasteiger partial charge in [0.2, 0.25) is 0 Å². The second-order valence-corrected chi connectivity index (χ2v) is 4.64. The zero-order valence-corrected chi connectivity index (χ0v) is 11.6. The summed E-state index contributed by atoms with van der Waals surface area (Å²) in [5.41, 5.74) is 3.75. The molecule has 0 fully saturated rings. The van der Waals surface area contributed by atoms with Crippen LogP contribution in [0.15, 0.2) is 48.5 Å². The molecule has 0 saturated carbocycles. The van der Waals surface area contributed by atoms with E-state index in [0.29, 0.717) is 6.61 Å². The second kappa shape index (κ2) is 6.83. The lowest BCUT2D eigenvalue weighted by atomic mass is 10.2. The number of ether oxygens (including phenoxy) is 1. The second-order valence-electron chi connectivity index (χ2n) is 4.64. The van der Waals surface area contributed by atoms with E-state index in [0.717, 1.165) is 24.4 Å². The Kier molecular flexibility index (Phi) is 4.85. The molecule has 2 nitrogen and oxygen atoms in total. The fourth-order valence-electron chi connectivity index (χ4n) is 1.86. The summed E-state index contributed by atoms with van der Waals surface area (Å²) in [6, 6.07) is 16.7. The number of nitrogens with one attached hydrogen (secondary N) is 1. The quantitative estimate of drug-likeness (QED) is 0.786. The van der Waals surface area contributed by atoms with Crippen LogP contribution in [0.25, 0.3) is 0 Å². The monoisotopic (exact) mass is 255 g/mol. The molecule has 0 atom stereocenters. The maximum absolute atomic E-state index is 5.69. The van der Waals surface area contributed by atoms with E-state index in [2.05, 4.69) is 55.6 Å². The first-order valence-corrected chi connectivity index (χ1v) is 6.80. The van der Waals surface area contributed by atoms with E-state index in [1.165, 1.54) is 11.1 Å². The Morgan fingerprint density at radius 2 is 1.63 bits per heavy atom. The molecule has 0 amide bonds. The van der Waals surface area contributed by atoms with Crippen molar-refractivity contribution in [3.8, 4) is 5.75 Å². The molecule has 2 rings (SSSR count). The lowest BCUT2D eigenvalue weighted by Gasteiger charge is -2.09. The van der Waals surface area contributed by atoms with Gasteiger partial charge in [0.1, 0.15) is 12.4 Å². The van der Waals surface area contributed by atoms with Gasteiger partial charge in [-0.3, -0.25) is 0 Å². The maximum Gasteiger partial charge on any atom is 0.119 e. The number of hydrogen-bond acceptors (Lipinski definition) is 2. The van der Waals surface area contributed by atoms with Crippen molar-refractivity contribution in [2.45, 2.75) is 20.3 Å². The third-order valence-corrected chi connectivity index (χ3v) is 3.08. The van der Waals surface area contributed by atoms with Gasteiger partial charge in [-0.2, -0.15) is 0 Å². The van der Waals surface area contributed by atoms with Gasteiger partial charge in [0.05, 0.1) is 0 Å². The first-order valence-electron chi connectivity index (χ1n) is 6.80. The Balaban J connectivity index is 1.72. The molecular formula is C17H21NO. The van der Waals surface area contributed by atoms with E-state index < -0.39 is 0 Å². The topological polar surface area (TPSA) is 21.3 Å². The molecule has 0 aliphatic rings. The first kappa shape index (κ1) is 13.5. The van der Waals surface area contributed by atoms with Crippen molar-refractivity contribution >= 4 is 5.69 Å². The van der Waals surface area contributed by atoms with Crippen molar-refractivity contribution in [2.75, 3.05) is 18.5 Å². The maximum atomic E-state index is 5.69. The summed E-state index contributed by atoms with van der Waals surface area (Å²) in [6.07, 6.45) is 1.06. The summed E-state index contributed by atoms with van der Waals surface area (Å²) in [6.45, 7) is 5.71. The Hall–Kier alpha value is -1.96. The molecule has 0 aliphatic heterocycles. The van der Waals surface area contributed by atoms with E-state index in [1.807, 2.05) is 12.1 Å². The van der Waals surface area contributed by atoms with Crippen molar-refractivity contribution in [1.29, 1.82) is 0 Å². The Labute approximate surface area is 115 Å². The van der Waals surface area contributed by atoms with Crippen LogP contribution in [0.5, 0.6) is 5.75 Å². The van der Waals surface area contributed by atoms with Crippen LogP contribution in [0.1, 0.15) is 18.1 Å². The van der Waals surface area contributed by atoms with E-state index in [1.54, 1.807) is 0 Å². The molecule has 1 N–H and O–H groups in total. The van der Waals surface area contributed by atoms with Gasteiger partial charge in [0.15, 0.2) is 0 Å². The largest absolute Gasteiger partial charge is 0.492 e. The highest BCUT2D eigenvalue weighted by Crippen LogP contribution is 2.12. The highest BCUT2D eigenvalue weighted by atomic mass is 16.5. The zero-order valence-electron chi connectivity index (χ0n) is 11.6. The van der Waals surface area contributed by atoms with E-state index in [4.69, 9.17) is 4.74 Å². The SMILES string of the molecule is CCc1ccc(OCCNc2ccc(C)cc2)cc1. The molecule has 0 aliphatic carbocycles. The average molecular weight is 255 g/mol. The Bertz CT molecular complexity index is 488. The Morgan fingerprint density at radius 1 is 0.947 bits per heavy atom. The summed E-state index contributed by atoms with van der Waals surface area (Å²) in [7, 11) is 0. The van der Waals surface area contributed by atoms with Gasteiger partial charge in [-0.05, 0) is 43.2 Å². The number of anilines is 1. The fraction of sp³-hybridized carbons (Fsp3) is 0.294. The van der Waals surface area contributed by atoms with Crippen molar-refractivity contribution in [2.24, 2.45) is 0 Å². The minimum atomic E-state index is 0.666. The van der Waals surface area contributed by atoms with Crippen LogP contribution in [0, 0.1) is 6.92 Å². The number of benzene rings is 2. The molecule has 0 radical (unpaired) electrons. The molecule has 2 heteroatoms. The van der Waals surface area contributed by atoms with Crippen LogP contribution < -0.4 is 10.1 Å². The molecule has 0 aromatic heterocycles. The average Bonchev–Trinajstić information content (AvgIpc) is 2.46. The predicted molar refractivity (Wildman–Crippen MR) is 81.0 cm³/mol. The normalized spacial score (nSPS) is 10.2. The summed E-state index contributed by atoms with van der Waals surface area (Å²) in [5, 5.41) is 3.34. The summed E-state index contributed by atoms with van der Waals surface area (Å²) < 4.78 is 5.69. The van der Waals surface area contributed by atoms with Gasteiger partial charge in [-0.25, -0.2) is 0 Å². The lowest BCUT2D eigenvalue weighted by Crippen LogP contribution is -2.11. The summed E-state index contributed by atoms with van der Waals surface area (Å²) in [5.74, 6) is 0.933. The van der Waals surface area contributed by atoms with Crippen LogP contribution in [-0.4, -0.2) is 13.2 Å². The van der Waals surface area contributed by atoms with Gasteiger partial charge >= 0.3 is 0 Å². The molecule has 0 heterocycles. The first-order chi connectivity index (χ1) is 9.28. The highest BCUT2D eigenvalue weighted by Gasteiger charge is 1.95. The zero-order chi connectivity index (χ0) is 13.5. The summed E-state index contributed by atoms with van der Waals surface area (Å²) in [4.78, 5) is 0. The minimum Gasteiger partial charge on any atom is -0.492 e. The van der Waals surface area contributed by atoms with E-state index >= 15 is 0 Å². The smallest absolute Gasteiger partial charge is 0.119 e. The fourth-order valence-corrected chi connectivity index (χ4v) is 1.86. The molecule has 0 spiro atoms. The van der Waals surface area contributed by atoms with E-state index in [-0.39, 0.29) is 0 Å². The molecule has 2 aromatic carbocycles. The van der Waals surface area contributed by atoms with Gasteiger partial charge < -0.3 is 10.1 Å². The standard InChI is InChI=1S/C17H21NO/c1-3-15-6-10-17(11-7-15)19-13-12-18-16-8-4-14(2)5-9-16/h4-11,18H,3,12-13H2,1-2H3. The van der Waals surface area contributed by atoms with Crippen molar-refractivity contribution in [3.05, 3.63) is 59.7 Å². The molecule has 0 bridgehead atoms. The number of rotatable bonds is 6. The lowest BCUT2D eigenvalue weighted by molar-refractivity contribution is 0.333. The van der Waals surface area contributed by atoms with Gasteiger partial charge in [0, 0.05) is 12.2 Å². The summed E-state index contributed by atoms with van der Waals surface area (Å²) >= 11 is 0. The molecule has 0 saturated heterocycles. The molecule has 100 valence electrons.